The normalized spacial score (nSPS) is 18.7. The van der Waals surface area contributed by atoms with Crippen LogP contribution in [0.4, 0.5) is 0 Å². The summed E-state index contributed by atoms with van der Waals surface area (Å²) in [6.07, 6.45) is 1.94. The zero-order chi connectivity index (χ0) is 28.2. The Kier molecular flexibility index (Phi) is 13.0. The van der Waals surface area contributed by atoms with E-state index in [0.717, 1.165) is 0 Å². The molecular weight excluding hydrogens is 480 g/mol. The van der Waals surface area contributed by atoms with E-state index in [1.165, 1.54) is 6.92 Å². The predicted octanol–water partition coefficient (Wildman–Crippen LogP) is -0.937. The van der Waals surface area contributed by atoms with Gasteiger partial charge < -0.3 is 38.3 Å². The van der Waals surface area contributed by atoms with Gasteiger partial charge in [-0.05, 0) is 44.9 Å². The second-order valence-electron chi connectivity index (χ2n) is 10.1. The van der Waals surface area contributed by atoms with Crippen molar-refractivity contribution < 1.29 is 23.9 Å². The molecule has 0 aliphatic carbocycles. The number of nitrogens with zero attached hydrogens (tertiary/aromatic N) is 2. The smallest absolute Gasteiger partial charge is 0.224 e. The molecule has 1 aliphatic heterocycles. The quantitative estimate of drug-likeness (QED) is 0.0561. The highest BCUT2D eigenvalue weighted by Crippen LogP contribution is 2.29. The van der Waals surface area contributed by atoms with Crippen LogP contribution in [0.5, 0.6) is 0 Å². The lowest BCUT2D eigenvalue weighted by Gasteiger charge is -2.25. The van der Waals surface area contributed by atoms with E-state index in [2.05, 4.69) is 20.6 Å². The third-order valence-corrected chi connectivity index (χ3v) is 5.96. The SMILES string of the molecule is CC(=O)N[C@@H](CCCN=C(N)N)C(=O)C[C@@H](CC(C)C)C(=O)N[C@@H](CCCN=C(N)N)C(=O)[C@@]1(C)CO1. The van der Waals surface area contributed by atoms with Gasteiger partial charge in [0.1, 0.15) is 5.60 Å². The number of hydrogen-bond donors (Lipinski definition) is 6. The van der Waals surface area contributed by atoms with Crippen LogP contribution < -0.4 is 33.6 Å². The van der Waals surface area contributed by atoms with Gasteiger partial charge in [0, 0.05) is 32.4 Å². The van der Waals surface area contributed by atoms with Crippen molar-refractivity contribution in [3.8, 4) is 0 Å². The zero-order valence-electron chi connectivity index (χ0n) is 22.4. The van der Waals surface area contributed by atoms with E-state index in [1.807, 2.05) is 13.8 Å². The van der Waals surface area contributed by atoms with E-state index in [1.54, 1.807) is 6.92 Å². The van der Waals surface area contributed by atoms with Gasteiger partial charge in [0.05, 0.1) is 18.7 Å². The molecule has 10 N–H and O–H groups in total. The molecule has 1 rings (SSSR count). The zero-order valence-corrected chi connectivity index (χ0v) is 22.4. The maximum absolute atomic E-state index is 13.3. The van der Waals surface area contributed by atoms with E-state index in [-0.39, 0.29) is 48.3 Å². The largest absolute Gasteiger partial charge is 0.370 e. The lowest BCUT2D eigenvalue weighted by Crippen LogP contribution is -2.49. The Morgan fingerprint density at radius 2 is 1.43 bits per heavy atom. The fraction of sp³-hybridized carbons (Fsp3) is 0.750. The van der Waals surface area contributed by atoms with E-state index < -0.39 is 29.5 Å². The molecule has 0 aromatic rings. The predicted molar refractivity (Wildman–Crippen MR) is 141 cm³/mol. The molecule has 13 heteroatoms. The Hall–Kier alpha value is -3.22. The minimum Gasteiger partial charge on any atom is -0.370 e. The van der Waals surface area contributed by atoms with Gasteiger partial charge in [-0.3, -0.25) is 29.2 Å². The molecule has 1 heterocycles. The molecule has 2 amide bonds. The second-order valence-corrected chi connectivity index (χ2v) is 10.1. The average molecular weight is 525 g/mol. The van der Waals surface area contributed by atoms with Crippen molar-refractivity contribution in [3.63, 3.8) is 0 Å². The molecule has 0 aromatic heterocycles. The number of nitrogens with two attached hydrogens (primary N) is 4. The van der Waals surface area contributed by atoms with Crippen LogP contribution in [0.2, 0.25) is 0 Å². The Labute approximate surface area is 218 Å². The number of guanidine groups is 2. The standard InChI is InChI=1S/C24H44N8O5/c1-14(2)11-16(12-19(34)17(31-15(3)33)7-5-9-29-22(25)26)21(36)32-18(8-6-10-30-23(27)28)20(35)24(4)13-37-24/h14,16-18H,5-13H2,1-4H3,(H,31,33)(H,32,36)(H4,25,26,29)(H4,27,28,30)/t16-,17+,18+,24-/m1/s1. The fourth-order valence-electron chi connectivity index (χ4n) is 3.98. The Morgan fingerprint density at radius 1 is 0.919 bits per heavy atom. The third kappa shape index (κ3) is 12.5. The van der Waals surface area contributed by atoms with Gasteiger partial charge >= 0.3 is 0 Å². The Balaban J connectivity index is 2.95. The van der Waals surface area contributed by atoms with Gasteiger partial charge in [-0.25, -0.2) is 0 Å². The summed E-state index contributed by atoms with van der Waals surface area (Å²) in [6, 6.07) is -1.57. The summed E-state index contributed by atoms with van der Waals surface area (Å²) >= 11 is 0. The minimum atomic E-state index is -0.927. The molecule has 0 unspecified atom stereocenters. The molecule has 1 aliphatic rings. The molecule has 0 bridgehead atoms. The molecule has 13 nitrogen and oxygen atoms in total. The summed E-state index contributed by atoms with van der Waals surface area (Å²) in [5.41, 5.74) is 20.5. The lowest BCUT2D eigenvalue weighted by molar-refractivity contribution is -0.135. The highest BCUT2D eigenvalue weighted by molar-refractivity contribution is 5.98. The molecule has 0 saturated carbocycles. The summed E-state index contributed by atoms with van der Waals surface area (Å²) in [5, 5.41) is 5.50. The van der Waals surface area contributed by atoms with Crippen molar-refractivity contribution in [1.29, 1.82) is 0 Å². The van der Waals surface area contributed by atoms with Crippen LogP contribution in [0.15, 0.2) is 9.98 Å². The molecule has 0 aromatic carbocycles. The van der Waals surface area contributed by atoms with Gasteiger partial charge in [0.15, 0.2) is 23.5 Å². The molecular formula is C24H44N8O5. The fourth-order valence-corrected chi connectivity index (χ4v) is 3.98. The number of rotatable bonds is 18. The van der Waals surface area contributed by atoms with Crippen LogP contribution in [0, 0.1) is 11.8 Å². The number of carbonyl (C=O) groups excluding carboxylic acids is 4. The maximum Gasteiger partial charge on any atom is 0.224 e. The topological polar surface area (TPSA) is 234 Å². The molecule has 37 heavy (non-hydrogen) atoms. The summed E-state index contributed by atoms with van der Waals surface area (Å²) in [6.45, 7) is 7.81. The molecule has 4 atom stereocenters. The average Bonchev–Trinajstić information content (AvgIpc) is 3.54. The summed E-state index contributed by atoms with van der Waals surface area (Å²) in [7, 11) is 0. The van der Waals surface area contributed by atoms with Crippen LogP contribution in [-0.4, -0.2) is 72.7 Å². The minimum absolute atomic E-state index is 0.0491. The van der Waals surface area contributed by atoms with Crippen LogP contribution in [0.1, 0.15) is 66.2 Å². The van der Waals surface area contributed by atoms with Crippen LogP contribution in [-0.2, 0) is 23.9 Å². The Bertz CT molecular complexity index is 861. The number of nitrogens with one attached hydrogen (secondary N) is 2. The van der Waals surface area contributed by atoms with E-state index in [4.69, 9.17) is 27.7 Å². The first-order valence-electron chi connectivity index (χ1n) is 12.6. The number of amides is 2. The first kappa shape index (κ1) is 31.8. The van der Waals surface area contributed by atoms with Crippen LogP contribution in [0.3, 0.4) is 0 Å². The van der Waals surface area contributed by atoms with Crippen LogP contribution >= 0.6 is 0 Å². The molecule has 0 spiro atoms. The van der Waals surface area contributed by atoms with Gasteiger partial charge in [-0.1, -0.05) is 13.8 Å². The van der Waals surface area contributed by atoms with Gasteiger partial charge in [0.25, 0.3) is 0 Å². The number of ketones is 2. The van der Waals surface area contributed by atoms with Crippen LogP contribution in [0.25, 0.3) is 0 Å². The molecule has 1 fully saturated rings. The van der Waals surface area contributed by atoms with E-state index in [9.17, 15) is 19.2 Å². The number of epoxide rings is 1. The molecule has 1 saturated heterocycles. The van der Waals surface area contributed by atoms with Crippen molar-refractivity contribution in [1.82, 2.24) is 10.6 Å². The van der Waals surface area contributed by atoms with Gasteiger partial charge in [-0.2, -0.15) is 0 Å². The highest BCUT2D eigenvalue weighted by atomic mass is 16.6. The number of Topliss-reactive ketones (excluding diaryl/α,β-unsaturated/α-hetero) is 2. The molecule has 210 valence electrons. The summed E-state index contributed by atoms with van der Waals surface area (Å²) in [4.78, 5) is 59.0. The monoisotopic (exact) mass is 524 g/mol. The highest BCUT2D eigenvalue weighted by Gasteiger charge is 2.50. The van der Waals surface area contributed by atoms with Crippen molar-refractivity contribution >= 4 is 35.3 Å². The Morgan fingerprint density at radius 3 is 1.86 bits per heavy atom. The first-order chi connectivity index (χ1) is 17.2. The van der Waals surface area contributed by atoms with Crippen molar-refractivity contribution in [2.45, 2.75) is 83.9 Å². The van der Waals surface area contributed by atoms with Crippen molar-refractivity contribution in [3.05, 3.63) is 0 Å². The third-order valence-electron chi connectivity index (χ3n) is 5.96. The van der Waals surface area contributed by atoms with E-state index >= 15 is 0 Å². The number of hydrogen-bond acceptors (Lipinski definition) is 7. The number of carbonyl (C=O) groups is 4. The summed E-state index contributed by atoms with van der Waals surface area (Å²) < 4.78 is 5.30. The molecule has 0 radical (unpaired) electrons. The van der Waals surface area contributed by atoms with Crippen molar-refractivity contribution in [2.24, 2.45) is 44.8 Å². The van der Waals surface area contributed by atoms with Crippen molar-refractivity contribution in [2.75, 3.05) is 19.7 Å². The number of ether oxygens (including phenoxy) is 1. The number of aliphatic imine (C=N–C) groups is 2. The summed E-state index contributed by atoms with van der Waals surface area (Å²) in [5.74, 6) is -1.91. The first-order valence-corrected chi connectivity index (χ1v) is 12.6. The van der Waals surface area contributed by atoms with E-state index in [0.29, 0.717) is 45.2 Å². The maximum atomic E-state index is 13.3. The lowest BCUT2D eigenvalue weighted by atomic mass is 9.88. The second kappa shape index (κ2) is 15.1. The van der Waals surface area contributed by atoms with Gasteiger partial charge in [-0.15, -0.1) is 0 Å². The van der Waals surface area contributed by atoms with Gasteiger partial charge in [0.2, 0.25) is 11.8 Å².